The van der Waals surface area contributed by atoms with Crippen molar-refractivity contribution in [3.8, 4) is 0 Å². The highest BCUT2D eigenvalue weighted by molar-refractivity contribution is 5.93. The molecule has 0 aromatic carbocycles. The molecule has 7 nitrogen and oxygen atoms in total. The van der Waals surface area contributed by atoms with Gasteiger partial charge in [0, 0.05) is 11.8 Å². The zero-order valence-corrected chi connectivity index (χ0v) is 11.6. The largest absolute Gasteiger partial charge is 0.411 e. The molecule has 2 fully saturated rings. The first-order valence-electron chi connectivity index (χ1n) is 6.98. The van der Waals surface area contributed by atoms with Gasteiger partial charge in [-0.15, -0.1) is 0 Å². The third-order valence-electron chi connectivity index (χ3n) is 4.51. The molecular weight excluding hydrogens is 260 g/mol. The van der Waals surface area contributed by atoms with Crippen LogP contribution in [0.4, 0.5) is 5.82 Å². The minimum Gasteiger partial charge on any atom is -0.411 e. The zero-order valence-electron chi connectivity index (χ0n) is 11.6. The minimum atomic E-state index is -0.467. The molecule has 20 heavy (non-hydrogen) atoms. The number of imidazole rings is 1. The molecule has 1 aromatic rings. The van der Waals surface area contributed by atoms with Crippen molar-refractivity contribution in [3.05, 3.63) is 22.1 Å². The fraction of sp³-hybridized carbons (Fsp3) is 0.692. The molecule has 0 radical (unpaired) electrons. The highest BCUT2D eigenvalue weighted by Gasteiger charge is 2.48. The molecule has 7 heteroatoms. The molecule has 0 saturated heterocycles. The molecule has 0 amide bonds. The maximum atomic E-state index is 11.0. The Morgan fingerprint density at radius 2 is 2.30 bits per heavy atom. The van der Waals surface area contributed by atoms with Gasteiger partial charge in [-0.1, -0.05) is 19.0 Å². The van der Waals surface area contributed by atoms with Crippen LogP contribution < -0.4 is 0 Å². The van der Waals surface area contributed by atoms with Gasteiger partial charge in [-0.05, 0) is 35.1 Å². The lowest BCUT2D eigenvalue weighted by atomic mass is 9.92. The summed E-state index contributed by atoms with van der Waals surface area (Å²) in [6, 6.07) is -0.0719. The number of fused-ring (bicyclic) bond motifs is 2. The van der Waals surface area contributed by atoms with Gasteiger partial charge in [0.15, 0.2) is 0 Å². The van der Waals surface area contributed by atoms with E-state index in [-0.39, 0.29) is 17.8 Å². The average Bonchev–Trinajstić information content (AvgIpc) is 3.10. The molecule has 1 aromatic heterocycles. The summed E-state index contributed by atoms with van der Waals surface area (Å²) >= 11 is 0. The first-order chi connectivity index (χ1) is 9.52. The Hall–Kier alpha value is -1.92. The molecule has 0 aliphatic heterocycles. The van der Waals surface area contributed by atoms with E-state index in [4.69, 9.17) is 0 Å². The van der Waals surface area contributed by atoms with E-state index in [0.717, 1.165) is 25.0 Å². The third-order valence-corrected chi connectivity index (χ3v) is 4.51. The van der Waals surface area contributed by atoms with Crippen LogP contribution in [-0.4, -0.2) is 25.4 Å². The summed E-state index contributed by atoms with van der Waals surface area (Å²) in [7, 11) is 0. The van der Waals surface area contributed by atoms with Crippen molar-refractivity contribution in [1.29, 1.82) is 0 Å². The van der Waals surface area contributed by atoms with Crippen LogP contribution in [0.5, 0.6) is 0 Å². The minimum absolute atomic E-state index is 0.0719. The van der Waals surface area contributed by atoms with E-state index in [1.807, 2.05) is 18.4 Å². The van der Waals surface area contributed by atoms with Crippen molar-refractivity contribution >= 4 is 11.5 Å². The van der Waals surface area contributed by atoms with Crippen LogP contribution in [-0.2, 0) is 0 Å². The number of nitrogens with zero attached hydrogens (tertiary/aromatic N) is 4. The number of hydrogen-bond donors (Lipinski definition) is 1. The summed E-state index contributed by atoms with van der Waals surface area (Å²) in [6.45, 7) is 3.93. The van der Waals surface area contributed by atoms with Gasteiger partial charge >= 0.3 is 5.82 Å². The van der Waals surface area contributed by atoms with Gasteiger partial charge in [-0.25, -0.2) is 0 Å². The van der Waals surface area contributed by atoms with Crippen LogP contribution >= 0.6 is 0 Å². The average molecular weight is 278 g/mol. The van der Waals surface area contributed by atoms with Crippen LogP contribution in [0.25, 0.3) is 0 Å². The van der Waals surface area contributed by atoms with Crippen molar-refractivity contribution in [2.24, 2.45) is 17.0 Å². The van der Waals surface area contributed by atoms with Gasteiger partial charge in [0.2, 0.25) is 5.82 Å². The SMILES string of the molecule is CC(C)c1nc([N+](=O)[O-])cn1C1C(=NO)C2CCC1C2. The van der Waals surface area contributed by atoms with E-state index in [9.17, 15) is 15.3 Å². The van der Waals surface area contributed by atoms with Crippen LogP contribution in [0.1, 0.15) is 50.9 Å². The Kier molecular flexibility index (Phi) is 2.99. The van der Waals surface area contributed by atoms with Gasteiger partial charge in [-0.2, -0.15) is 0 Å². The highest BCUT2D eigenvalue weighted by Crippen LogP contribution is 2.49. The Morgan fingerprint density at radius 3 is 2.90 bits per heavy atom. The predicted octanol–water partition coefficient (Wildman–Crippen LogP) is 2.72. The van der Waals surface area contributed by atoms with E-state index in [1.165, 1.54) is 6.20 Å². The standard InChI is InChI=1S/C13H18N4O3/c1-7(2)13-14-10(17(19)20)6-16(13)12-9-4-3-8(5-9)11(12)15-18/h6-9,12,18H,3-5H2,1-2H3. The summed E-state index contributed by atoms with van der Waals surface area (Å²) in [5.74, 6) is 1.36. The topological polar surface area (TPSA) is 93.5 Å². The Balaban J connectivity index is 2.07. The third kappa shape index (κ3) is 1.80. The molecular formula is C13H18N4O3. The zero-order chi connectivity index (χ0) is 14.4. The summed E-state index contributed by atoms with van der Waals surface area (Å²) < 4.78 is 1.86. The fourth-order valence-corrected chi connectivity index (χ4v) is 3.70. The van der Waals surface area contributed by atoms with E-state index in [0.29, 0.717) is 17.7 Å². The first-order valence-corrected chi connectivity index (χ1v) is 6.98. The van der Waals surface area contributed by atoms with Gasteiger partial charge in [0.1, 0.15) is 6.20 Å². The normalized spacial score (nSPS) is 30.6. The first kappa shape index (κ1) is 13.1. The molecule has 3 rings (SSSR count). The maximum Gasteiger partial charge on any atom is 0.381 e. The van der Waals surface area contributed by atoms with Gasteiger partial charge in [0.05, 0.1) is 11.8 Å². The molecule has 3 atom stereocenters. The van der Waals surface area contributed by atoms with Crippen LogP contribution in [0.15, 0.2) is 11.4 Å². The molecule has 2 aliphatic rings. The van der Waals surface area contributed by atoms with Crippen molar-refractivity contribution < 1.29 is 10.1 Å². The Morgan fingerprint density at radius 1 is 1.55 bits per heavy atom. The second kappa shape index (κ2) is 4.57. The van der Waals surface area contributed by atoms with E-state index >= 15 is 0 Å². The lowest BCUT2D eigenvalue weighted by molar-refractivity contribution is -0.389. The highest BCUT2D eigenvalue weighted by atomic mass is 16.6. The Labute approximate surface area is 116 Å². The number of aromatic nitrogens is 2. The van der Waals surface area contributed by atoms with Gasteiger partial charge < -0.3 is 15.3 Å². The van der Waals surface area contributed by atoms with E-state index in [1.54, 1.807) is 0 Å². The predicted molar refractivity (Wildman–Crippen MR) is 72.1 cm³/mol. The summed E-state index contributed by atoms with van der Waals surface area (Å²) in [4.78, 5) is 14.6. The molecule has 2 bridgehead atoms. The van der Waals surface area contributed by atoms with Crippen LogP contribution in [0.2, 0.25) is 0 Å². The quantitative estimate of drug-likeness (QED) is 0.522. The van der Waals surface area contributed by atoms with Crippen LogP contribution in [0.3, 0.4) is 0 Å². The van der Waals surface area contributed by atoms with Gasteiger partial charge in [0.25, 0.3) is 0 Å². The van der Waals surface area contributed by atoms with E-state index in [2.05, 4.69) is 10.1 Å². The lowest BCUT2D eigenvalue weighted by Gasteiger charge is -2.24. The maximum absolute atomic E-state index is 11.0. The molecule has 0 spiro atoms. The second-order valence-electron chi connectivity index (χ2n) is 6.02. The molecule has 108 valence electrons. The molecule has 1 N–H and O–H groups in total. The van der Waals surface area contributed by atoms with Crippen LogP contribution in [0, 0.1) is 22.0 Å². The lowest BCUT2D eigenvalue weighted by Crippen LogP contribution is -2.27. The number of nitro groups is 1. The second-order valence-corrected chi connectivity index (χ2v) is 6.02. The molecule has 3 unspecified atom stereocenters. The van der Waals surface area contributed by atoms with E-state index < -0.39 is 4.92 Å². The van der Waals surface area contributed by atoms with Crippen molar-refractivity contribution in [2.45, 2.75) is 45.1 Å². The number of oxime groups is 1. The number of rotatable bonds is 3. The van der Waals surface area contributed by atoms with Crippen molar-refractivity contribution in [1.82, 2.24) is 9.55 Å². The summed E-state index contributed by atoms with van der Waals surface area (Å²) in [5, 5.41) is 23.7. The summed E-state index contributed by atoms with van der Waals surface area (Å²) in [6.07, 6.45) is 4.63. The Bertz CT molecular complexity index is 578. The van der Waals surface area contributed by atoms with Crippen molar-refractivity contribution in [2.75, 3.05) is 0 Å². The summed E-state index contributed by atoms with van der Waals surface area (Å²) in [5.41, 5.74) is 0.760. The number of hydrogen-bond acceptors (Lipinski definition) is 5. The van der Waals surface area contributed by atoms with Gasteiger partial charge in [-0.3, -0.25) is 4.57 Å². The monoisotopic (exact) mass is 278 g/mol. The van der Waals surface area contributed by atoms with Crippen molar-refractivity contribution in [3.63, 3.8) is 0 Å². The molecule has 2 aliphatic carbocycles. The fourth-order valence-electron chi connectivity index (χ4n) is 3.70. The molecule has 1 heterocycles. The smallest absolute Gasteiger partial charge is 0.381 e. The molecule has 2 saturated carbocycles.